The van der Waals surface area contributed by atoms with Gasteiger partial charge in [-0.25, -0.2) is 0 Å². The zero-order valence-electron chi connectivity index (χ0n) is 19.5. The number of fused-ring (bicyclic) bond motifs is 4. The van der Waals surface area contributed by atoms with Crippen molar-refractivity contribution in [3.63, 3.8) is 0 Å². The Bertz CT molecular complexity index is 1280. The first-order chi connectivity index (χ1) is 16.1. The minimum atomic E-state index is -4.52. The lowest BCUT2D eigenvalue weighted by molar-refractivity contribution is -0.141. The molecule has 1 amide bonds. The molecule has 0 saturated carbocycles. The highest BCUT2D eigenvalue weighted by molar-refractivity contribution is 5.97. The average molecular weight is 473 g/mol. The van der Waals surface area contributed by atoms with Crippen LogP contribution in [0.2, 0.25) is 0 Å². The summed E-state index contributed by atoms with van der Waals surface area (Å²) in [5.74, 6) is 0.592. The van der Waals surface area contributed by atoms with Crippen LogP contribution in [0.4, 0.5) is 13.2 Å². The van der Waals surface area contributed by atoms with E-state index in [2.05, 4.69) is 5.10 Å². The predicted molar refractivity (Wildman–Crippen MR) is 118 cm³/mol. The largest absolute Gasteiger partial charge is 0.496 e. The second-order valence-electron chi connectivity index (χ2n) is 9.02. The maximum Gasteiger partial charge on any atom is 0.435 e. The predicted octanol–water partition coefficient (Wildman–Crippen LogP) is 4.45. The number of methoxy groups -OCH3 is 1. The van der Waals surface area contributed by atoms with E-state index in [-0.39, 0.29) is 18.0 Å². The molecule has 2 unspecified atom stereocenters. The van der Waals surface area contributed by atoms with Gasteiger partial charge in [-0.05, 0) is 50.8 Å². The molecule has 1 saturated heterocycles. The summed E-state index contributed by atoms with van der Waals surface area (Å²) in [6.45, 7) is 1.87. The molecule has 180 valence electrons. The van der Waals surface area contributed by atoms with Gasteiger partial charge in [0.05, 0.1) is 30.2 Å². The van der Waals surface area contributed by atoms with E-state index in [4.69, 9.17) is 9.84 Å². The van der Waals surface area contributed by atoms with Crippen molar-refractivity contribution in [3.05, 3.63) is 52.3 Å². The molecule has 34 heavy (non-hydrogen) atoms. The molecular weight excluding hydrogens is 447 g/mol. The fourth-order valence-corrected chi connectivity index (χ4v) is 5.50. The van der Waals surface area contributed by atoms with Crippen LogP contribution in [-0.4, -0.2) is 43.5 Å². The summed E-state index contributed by atoms with van der Waals surface area (Å²) < 4.78 is 48.1. The number of piperidine rings is 1. The van der Waals surface area contributed by atoms with Crippen molar-refractivity contribution in [1.82, 2.24) is 24.5 Å². The average Bonchev–Trinajstić information content (AvgIpc) is 3.32. The number of rotatable bonds is 3. The highest BCUT2D eigenvalue weighted by Gasteiger charge is 2.44. The maximum absolute atomic E-state index is 13.7. The number of ether oxygens (including phenoxy) is 1. The second kappa shape index (κ2) is 7.89. The Morgan fingerprint density at radius 2 is 1.91 bits per heavy atom. The first kappa shape index (κ1) is 22.5. The van der Waals surface area contributed by atoms with Crippen molar-refractivity contribution in [3.8, 4) is 17.1 Å². The summed E-state index contributed by atoms with van der Waals surface area (Å²) in [4.78, 5) is 15.7. The van der Waals surface area contributed by atoms with Crippen LogP contribution in [0.3, 0.4) is 0 Å². The van der Waals surface area contributed by atoms with Gasteiger partial charge in [0.25, 0.3) is 5.91 Å². The van der Waals surface area contributed by atoms with Crippen LogP contribution in [0.5, 0.6) is 5.75 Å². The van der Waals surface area contributed by atoms with E-state index >= 15 is 0 Å². The van der Waals surface area contributed by atoms with E-state index in [9.17, 15) is 18.0 Å². The molecule has 0 radical (unpaired) electrons. The molecule has 5 rings (SSSR count). The van der Waals surface area contributed by atoms with Crippen LogP contribution < -0.4 is 4.74 Å². The Balaban J connectivity index is 1.58. The number of amides is 1. The van der Waals surface area contributed by atoms with E-state index in [0.717, 1.165) is 42.1 Å². The smallest absolute Gasteiger partial charge is 0.435 e. The first-order valence-electron chi connectivity index (χ1n) is 11.3. The van der Waals surface area contributed by atoms with E-state index in [1.807, 2.05) is 30.0 Å². The van der Waals surface area contributed by atoms with Gasteiger partial charge in [-0.3, -0.25) is 14.2 Å². The quantitative estimate of drug-likeness (QED) is 0.564. The second-order valence-corrected chi connectivity index (χ2v) is 9.02. The lowest BCUT2D eigenvalue weighted by Crippen LogP contribution is -2.50. The molecule has 7 nitrogen and oxygen atoms in total. The molecule has 2 aromatic heterocycles. The molecule has 2 bridgehead atoms. The summed E-state index contributed by atoms with van der Waals surface area (Å²) in [7, 11) is 4.82. The molecule has 2 atom stereocenters. The van der Waals surface area contributed by atoms with Gasteiger partial charge in [0.1, 0.15) is 5.75 Å². The van der Waals surface area contributed by atoms with Crippen LogP contribution in [-0.2, 0) is 26.7 Å². The Hall–Kier alpha value is -3.30. The van der Waals surface area contributed by atoms with Gasteiger partial charge in [0, 0.05) is 36.8 Å². The zero-order chi connectivity index (χ0) is 24.4. The van der Waals surface area contributed by atoms with Crippen molar-refractivity contribution < 1.29 is 22.7 Å². The minimum Gasteiger partial charge on any atom is -0.496 e. The third kappa shape index (κ3) is 3.38. The van der Waals surface area contributed by atoms with Gasteiger partial charge in [-0.1, -0.05) is 6.07 Å². The Kier molecular flexibility index (Phi) is 5.22. The fourth-order valence-electron chi connectivity index (χ4n) is 5.50. The van der Waals surface area contributed by atoms with E-state index < -0.39 is 11.9 Å². The monoisotopic (exact) mass is 473 g/mol. The fraction of sp³-hybridized carbons (Fsp3) is 0.458. The SMILES string of the molecule is COc1cccc(C(=O)N2C3CCCC2c2nn(C)c(-c4cc(C(F)(F)F)nn4C)c2C3)c1C. The van der Waals surface area contributed by atoms with Crippen molar-refractivity contribution in [2.24, 2.45) is 14.1 Å². The van der Waals surface area contributed by atoms with Crippen LogP contribution >= 0.6 is 0 Å². The molecule has 10 heteroatoms. The number of nitrogens with zero attached hydrogens (tertiary/aromatic N) is 5. The lowest BCUT2D eigenvalue weighted by Gasteiger charge is -2.45. The van der Waals surface area contributed by atoms with E-state index in [1.54, 1.807) is 18.8 Å². The van der Waals surface area contributed by atoms with Gasteiger partial charge in [-0.15, -0.1) is 0 Å². The zero-order valence-corrected chi connectivity index (χ0v) is 19.5. The molecular formula is C24H26F3N5O2. The van der Waals surface area contributed by atoms with Gasteiger partial charge < -0.3 is 9.64 Å². The summed E-state index contributed by atoms with van der Waals surface area (Å²) in [6.07, 6.45) is -1.43. The Labute approximate surface area is 195 Å². The number of hydrogen-bond donors (Lipinski definition) is 0. The topological polar surface area (TPSA) is 65.2 Å². The standard InChI is InChI=1S/C24H26F3N5O2/c1-13-15(8-6-10-19(13)34-4)23(33)32-14-7-5-9-17(32)21-16(11-14)22(31(3)29-21)18-12-20(24(25,26)27)28-30(18)2/h6,8,10,12,14,17H,5,7,9,11H2,1-4H3. The molecule has 1 aromatic carbocycles. The van der Waals surface area contributed by atoms with Gasteiger partial charge in [0.15, 0.2) is 5.69 Å². The molecule has 0 N–H and O–H groups in total. The van der Waals surface area contributed by atoms with Gasteiger partial charge in [-0.2, -0.15) is 23.4 Å². The first-order valence-corrected chi connectivity index (χ1v) is 11.3. The van der Waals surface area contributed by atoms with Crippen molar-refractivity contribution >= 4 is 5.91 Å². The van der Waals surface area contributed by atoms with Gasteiger partial charge >= 0.3 is 6.18 Å². The number of halogens is 3. The van der Waals surface area contributed by atoms with E-state index in [1.165, 1.54) is 11.7 Å². The molecule has 4 heterocycles. The Morgan fingerprint density at radius 1 is 1.15 bits per heavy atom. The van der Waals surface area contributed by atoms with Crippen molar-refractivity contribution in [2.75, 3.05) is 7.11 Å². The van der Waals surface area contributed by atoms with Crippen LogP contribution in [0, 0.1) is 6.92 Å². The van der Waals surface area contributed by atoms with Crippen molar-refractivity contribution in [2.45, 2.75) is 50.9 Å². The summed E-state index contributed by atoms with van der Waals surface area (Å²) in [6, 6.07) is 6.24. The minimum absolute atomic E-state index is 0.0531. The molecule has 2 aliphatic heterocycles. The summed E-state index contributed by atoms with van der Waals surface area (Å²) in [5.41, 5.74) is 3.11. The normalized spacial score (nSPS) is 19.8. The highest BCUT2D eigenvalue weighted by Crippen LogP contribution is 2.45. The number of benzene rings is 1. The number of aromatic nitrogens is 4. The molecule has 1 fully saturated rings. The molecule has 0 spiro atoms. The summed E-state index contributed by atoms with van der Waals surface area (Å²) in [5, 5.41) is 8.40. The number of hydrogen-bond acceptors (Lipinski definition) is 4. The number of carbonyl (C=O) groups is 1. The molecule has 3 aromatic rings. The number of carbonyl (C=O) groups excluding carboxylic acids is 1. The Morgan fingerprint density at radius 3 is 2.59 bits per heavy atom. The highest BCUT2D eigenvalue weighted by atomic mass is 19.4. The molecule has 2 aliphatic rings. The lowest BCUT2D eigenvalue weighted by atomic mass is 9.81. The summed E-state index contributed by atoms with van der Waals surface area (Å²) >= 11 is 0. The number of alkyl halides is 3. The third-order valence-electron chi connectivity index (χ3n) is 7.06. The third-order valence-corrected chi connectivity index (χ3v) is 7.06. The maximum atomic E-state index is 13.7. The van der Waals surface area contributed by atoms with Crippen LogP contribution in [0.15, 0.2) is 24.3 Å². The molecule has 0 aliphatic carbocycles. The number of aryl methyl sites for hydroxylation is 2. The van der Waals surface area contributed by atoms with Crippen LogP contribution in [0.1, 0.15) is 58.2 Å². The van der Waals surface area contributed by atoms with Crippen LogP contribution in [0.25, 0.3) is 11.4 Å². The van der Waals surface area contributed by atoms with Gasteiger partial charge in [0.2, 0.25) is 0 Å². The van der Waals surface area contributed by atoms with Crippen molar-refractivity contribution in [1.29, 1.82) is 0 Å². The van der Waals surface area contributed by atoms with E-state index in [0.29, 0.717) is 29.1 Å².